The molecule has 136 valence electrons. The van der Waals surface area contributed by atoms with Crippen LogP contribution in [0.5, 0.6) is 0 Å². The summed E-state index contributed by atoms with van der Waals surface area (Å²) in [6.45, 7) is 1.42. The van der Waals surface area contributed by atoms with Crippen molar-refractivity contribution in [2.75, 3.05) is 18.4 Å². The Bertz CT molecular complexity index is 1020. The molecule has 2 aromatic heterocycles. The maximum Gasteiger partial charge on any atom is 0.323 e. The van der Waals surface area contributed by atoms with Gasteiger partial charge in [-0.2, -0.15) is 0 Å². The van der Waals surface area contributed by atoms with Gasteiger partial charge in [0.25, 0.3) is 5.91 Å². The monoisotopic (exact) mass is 418 g/mol. The van der Waals surface area contributed by atoms with Gasteiger partial charge in [0.2, 0.25) is 0 Å². The highest BCUT2D eigenvalue weighted by Crippen LogP contribution is 2.26. The molecule has 1 unspecified atom stereocenters. The number of H-pyrrole nitrogens is 2. The number of carbonyl (C=O) groups is 1. The summed E-state index contributed by atoms with van der Waals surface area (Å²) in [5.74, 6) is -0.0287. The number of nitrogens with zero attached hydrogens (tertiary/aromatic N) is 1. The number of hydrogen-bond donors (Lipinski definition) is 4. The van der Waals surface area contributed by atoms with Crippen LogP contribution in [0.3, 0.4) is 0 Å². The fourth-order valence-electron chi connectivity index (χ4n) is 3.87. The van der Waals surface area contributed by atoms with Gasteiger partial charge in [-0.15, -0.1) is 0 Å². The second-order valence-corrected chi connectivity index (χ2v) is 7.68. The number of likely N-dealkylation sites (tertiary alicyclic amines) is 1. The predicted molar refractivity (Wildman–Crippen MR) is 103 cm³/mol. The van der Waals surface area contributed by atoms with Crippen LogP contribution in [0.25, 0.3) is 11.0 Å². The van der Waals surface area contributed by atoms with Gasteiger partial charge in [-0.05, 0) is 40.2 Å². The van der Waals surface area contributed by atoms with E-state index in [1.54, 1.807) is 12.1 Å². The number of quaternary nitrogens is 1. The van der Waals surface area contributed by atoms with Crippen molar-refractivity contribution in [2.24, 2.45) is 7.05 Å². The number of nitrogens with one attached hydrogen (secondary N) is 4. The van der Waals surface area contributed by atoms with E-state index in [1.165, 1.54) is 10.6 Å². The van der Waals surface area contributed by atoms with Crippen LogP contribution in [0.1, 0.15) is 24.6 Å². The lowest BCUT2D eigenvalue weighted by molar-refractivity contribution is -0.910. The third-order valence-corrected chi connectivity index (χ3v) is 5.75. The minimum absolute atomic E-state index is 0.0287. The number of aromatic amines is 2. The molecular formula is C18H21BrN5O2+. The van der Waals surface area contributed by atoms with Crippen LogP contribution >= 0.6 is 15.9 Å². The summed E-state index contributed by atoms with van der Waals surface area (Å²) in [5, 5.41) is 2.97. The van der Waals surface area contributed by atoms with E-state index in [-0.39, 0.29) is 11.6 Å². The highest BCUT2D eigenvalue weighted by atomic mass is 79.9. The van der Waals surface area contributed by atoms with Gasteiger partial charge >= 0.3 is 5.69 Å². The molecule has 0 radical (unpaired) electrons. The maximum atomic E-state index is 12.6. The van der Waals surface area contributed by atoms with Gasteiger partial charge in [-0.1, -0.05) is 0 Å². The van der Waals surface area contributed by atoms with Crippen molar-refractivity contribution in [3.8, 4) is 0 Å². The van der Waals surface area contributed by atoms with E-state index in [9.17, 15) is 9.59 Å². The molecule has 3 heterocycles. The lowest BCUT2D eigenvalue weighted by atomic mass is 10.1. The van der Waals surface area contributed by atoms with Crippen LogP contribution in [-0.2, 0) is 11.8 Å². The van der Waals surface area contributed by atoms with Crippen LogP contribution in [0.15, 0.2) is 39.7 Å². The molecule has 1 aliphatic heterocycles. The summed E-state index contributed by atoms with van der Waals surface area (Å²) < 4.78 is 2.88. The van der Waals surface area contributed by atoms with Crippen molar-refractivity contribution >= 4 is 38.6 Å². The first-order chi connectivity index (χ1) is 12.5. The number of fused-ring (bicyclic) bond motifs is 1. The molecule has 0 saturated carbocycles. The van der Waals surface area contributed by atoms with Gasteiger partial charge in [0, 0.05) is 30.6 Å². The number of carbonyl (C=O) groups excluding carboxylic acids is 1. The summed E-state index contributed by atoms with van der Waals surface area (Å²) in [7, 11) is 2.05. The number of benzene rings is 1. The minimum atomic E-state index is -0.262. The lowest BCUT2D eigenvalue weighted by Crippen LogP contribution is -3.11. The molecule has 0 bridgehead atoms. The third-order valence-electron chi connectivity index (χ3n) is 5.09. The Hall–Kier alpha value is -2.32. The van der Waals surface area contributed by atoms with Gasteiger partial charge in [-0.25, -0.2) is 4.79 Å². The largest absolute Gasteiger partial charge is 0.350 e. The molecule has 4 N–H and O–H groups in total. The summed E-state index contributed by atoms with van der Waals surface area (Å²) >= 11 is 3.46. The summed E-state index contributed by atoms with van der Waals surface area (Å²) in [4.78, 5) is 30.8. The van der Waals surface area contributed by atoms with E-state index in [2.05, 4.69) is 61.2 Å². The SMILES string of the molecule is Cn1cccc1[C@@H]1CCC[NH+]1CC(=O)Nc1cc2[nH]c(=O)[nH]c2cc1Br. The van der Waals surface area contributed by atoms with Crippen LogP contribution in [0.2, 0.25) is 0 Å². The Balaban J connectivity index is 1.49. The van der Waals surface area contributed by atoms with E-state index in [1.807, 2.05) is 0 Å². The van der Waals surface area contributed by atoms with Crippen LogP contribution in [0.4, 0.5) is 5.69 Å². The number of aryl methyl sites for hydroxylation is 1. The zero-order chi connectivity index (χ0) is 18.3. The Morgan fingerprint density at radius 2 is 2.15 bits per heavy atom. The Morgan fingerprint density at radius 1 is 1.38 bits per heavy atom. The first-order valence-electron chi connectivity index (χ1n) is 8.68. The number of rotatable bonds is 4. The van der Waals surface area contributed by atoms with Crippen molar-refractivity contribution < 1.29 is 9.69 Å². The zero-order valence-electron chi connectivity index (χ0n) is 14.4. The molecule has 1 aromatic carbocycles. The standard InChI is InChI=1S/C18H20BrN5O2/c1-23-6-2-4-15(23)16-5-3-7-24(16)10-17(25)20-12-9-14-13(8-11(12)19)21-18(26)22-14/h2,4,6,8-9,16H,3,5,7,10H2,1H3,(H,20,25)(H2,21,22,26)/p+1/t16-/m0/s1. The normalized spacial score (nSPS) is 19.9. The second kappa shape index (κ2) is 6.77. The number of imidazole rings is 1. The van der Waals surface area contributed by atoms with E-state index in [0.29, 0.717) is 29.3 Å². The summed E-state index contributed by atoms with van der Waals surface area (Å²) in [5.41, 5.74) is 3.05. The number of aromatic nitrogens is 3. The van der Waals surface area contributed by atoms with Gasteiger partial charge in [-0.3, -0.25) is 4.79 Å². The molecule has 7 nitrogen and oxygen atoms in total. The van der Waals surface area contributed by atoms with Gasteiger partial charge in [0.1, 0.15) is 6.04 Å². The fourth-order valence-corrected chi connectivity index (χ4v) is 4.31. The van der Waals surface area contributed by atoms with Gasteiger partial charge in [0.05, 0.1) is 29.0 Å². The molecule has 2 atom stereocenters. The third kappa shape index (κ3) is 3.22. The molecule has 1 saturated heterocycles. The van der Waals surface area contributed by atoms with Crippen molar-refractivity contribution in [3.63, 3.8) is 0 Å². The van der Waals surface area contributed by atoms with Crippen molar-refractivity contribution in [1.29, 1.82) is 0 Å². The van der Waals surface area contributed by atoms with Crippen LogP contribution in [-0.4, -0.2) is 33.5 Å². The van der Waals surface area contributed by atoms with Crippen molar-refractivity contribution in [2.45, 2.75) is 18.9 Å². The van der Waals surface area contributed by atoms with E-state index >= 15 is 0 Å². The van der Waals surface area contributed by atoms with Crippen molar-refractivity contribution in [3.05, 3.63) is 51.1 Å². The number of halogens is 1. The van der Waals surface area contributed by atoms with Crippen LogP contribution < -0.4 is 15.9 Å². The van der Waals surface area contributed by atoms with E-state index in [4.69, 9.17) is 0 Å². The van der Waals surface area contributed by atoms with Crippen LogP contribution in [0, 0.1) is 0 Å². The molecule has 0 spiro atoms. The molecule has 1 fully saturated rings. The average molecular weight is 419 g/mol. The first kappa shape index (κ1) is 17.1. The smallest absolute Gasteiger partial charge is 0.323 e. The van der Waals surface area contributed by atoms with Crippen molar-refractivity contribution in [1.82, 2.24) is 14.5 Å². The highest BCUT2D eigenvalue weighted by molar-refractivity contribution is 9.10. The van der Waals surface area contributed by atoms with E-state index in [0.717, 1.165) is 23.9 Å². The predicted octanol–water partition coefficient (Wildman–Crippen LogP) is 1.32. The van der Waals surface area contributed by atoms with E-state index < -0.39 is 0 Å². The second-order valence-electron chi connectivity index (χ2n) is 6.83. The molecule has 0 aliphatic carbocycles. The Labute approximate surface area is 158 Å². The lowest BCUT2D eigenvalue weighted by Gasteiger charge is -2.21. The molecule has 3 aromatic rings. The quantitative estimate of drug-likeness (QED) is 0.514. The molecule has 8 heteroatoms. The maximum absolute atomic E-state index is 12.6. The van der Waals surface area contributed by atoms with Gasteiger partial charge in [0.15, 0.2) is 6.54 Å². The number of anilines is 1. The molecule has 1 aliphatic rings. The minimum Gasteiger partial charge on any atom is -0.350 e. The fraction of sp³-hybridized carbons (Fsp3) is 0.333. The Morgan fingerprint density at radius 3 is 2.88 bits per heavy atom. The topological polar surface area (TPSA) is 87.1 Å². The average Bonchev–Trinajstić information content (AvgIpc) is 3.27. The molecular weight excluding hydrogens is 398 g/mol. The Kier molecular flexibility index (Phi) is 4.46. The number of hydrogen-bond acceptors (Lipinski definition) is 2. The molecule has 1 amide bonds. The number of amides is 1. The summed E-state index contributed by atoms with van der Waals surface area (Å²) in [6.07, 6.45) is 4.27. The highest BCUT2D eigenvalue weighted by Gasteiger charge is 2.33. The molecule has 26 heavy (non-hydrogen) atoms. The van der Waals surface area contributed by atoms with Gasteiger partial charge < -0.3 is 24.8 Å². The zero-order valence-corrected chi connectivity index (χ0v) is 16.0. The molecule has 4 rings (SSSR count). The summed E-state index contributed by atoms with van der Waals surface area (Å²) in [6, 6.07) is 8.10. The first-order valence-corrected chi connectivity index (χ1v) is 9.48.